The molecule has 2 fully saturated rings. The van der Waals surface area contributed by atoms with Crippen molar-refractivity contribution in [2.24, 2.45) is 11.8 Å². The van der Waals surface area contributed by atoms with Crippen molar-refractivity contribution in [3.05, 3.63) is 42.5 Å². The molecule has 1 saturated heterocycles. The number of rotatable bonds is 4. The minimum atomic E-state index is -0.215. The van der Waals surface area contributed by atoms with Crippen LogP contribution in [0.15, 0.2) is 46.9 Å². The molecule has 3 aromatic rings. The van der Waals surface area contributed by atoms with Gasteiger partial charge >= 0.3 is 0 Å². The van der Waals surface area contributed by atoms with E-state index in [1.54, 1.807) is 6.07 Å². The van der Waals surface area contributed by atoms with E-state index in [2.05, 4.69) is 5.32 Å². The van der Waals surface area contributed by atoms with Crippen LogP contribution < -0.4 is 5.32 Å². The van der Waals surface area contributed by atoms with Gasteiger partial charge in [-0.15, -0.1) is 0 Å². The third kappa shape index (κ3) is 3.09. The highest BCUT2D eigenvalue weighted by Gasteiger charge is 2.47. The van der Waals surface area contributed by atoms with Crippen LogP contribution in [0, 0.1) is 11.8 Å². The van der Waals surface area contributed by atoms with Crippen LogP contribution in [0.25, 0.3) is 21.9 Å². The number of para-hydroxylation sites is 1. The predicted octanol–water partition coefficient (Wildman–Crippen LogP) is 4.09. The van der Waals surface area contributed by atoms with E-state index < -0.39 is 0 Å². The molecular weight excluding hydrogens is 368 g/mol. The van der Waals surface area contributed by atoms with Crippen molar-refractivity contribution >= 4 is 45.3 Å². The van der Waals surface area contributed by atoms with E-state index in [1.807, 2.05) is 36.4 Å². The van der Waals surface area contributed by atoms with E-state index in [0.717, 1.165) is 47.6 Å². The molecule has 0 unspecified atom stereocenters. The second-order valence-corrected chi connectivity index (χ2v) is 7.93. The number of hydrogen-bond acceptors (Lipinski definition) is 4. The maximum absolute atomic E-state index is 12.5. The first kappa shape index (κ1) is 17.9. The molecule has 0 bridgehead atoms. The predicted molar refractivity (Wildman–Crippen MR) is 109 cm³/mol. The molecule has 1 aromatic heterocycles. The number of nitrogens with zero attached hydrogens (tertiary/aromatic N) is 1. The zero-order chi connectivity index (χ0) is 20.0. The Labute approximate surface area is 167 Å². The number of carbonyl (C=O) groups excluding carboxylic acids is 3. The van der Waals surface area contributed by atoms with E-state index in [9.17, 15) is 14.4 Å². The standard InChI is InChI=1S/C23H22N2O4/c26-21(11-12-25-22(27)16-6-1-2-7-17(16)23(25)28)24-14-9-10-20-18(13-14)15-5-3-4-8-19(15)29-20/h3-5,8-10,13,16-17H,1-2,6-7,11-12H2,(H,24,26)/t16-,17-/m1/s1. The summed E-state index contributed by atoms with van der Waals surface area (Å²) in [5.41, 5.74) is 2.24. The van der Waals surface area contributed by atoms with Gasteiger partial charge < -0.3 is 9.73 Å². The maximum atomic E-state index is 12.5. The Hall–Kier alpha value is -3.15. The Morgan fingerprint density at radius 2 is 1.66 bits per heavy atom. The number of furan rings is 1. The highest BCUT2D eigenvalue weighted by atomic mass is 16.3. The number of likely N-dealkylation sites (tertiary alicyclic amines) is 1. The lowest BCUT2D eigenvalue weighted by molar-refractivity contribution is -0.140. The molecule has 3 amide bonds. The third-order valence-electron chi connectivity index (χ3n) is 6.16. The van der Waals surface area contributed by atoms with E-state index in [1.165, 1.54) is 4.90 Å². The zero-order valence-electron chi connectivity index (χ0n) is 16.0. The van der Waals surface area contributed by atoms with Crippen LogP contribution in [-0.4, -0.2) is 29.2 Å². The average Bonchev–Trinajstić information content (AvgIpc) is 3.22. The van der Waals surface area contributed by atoms with E-state index in [-0.39, 0.29) is 42.5 Å². The SMILES string of the molecule is O=C(CCN1C(=O)[C@@H]2CCCC[C@H]2C1=O)Nc1ccc2oc3ccccc3c2c1. The number of fused-ring (bicyclic) bond motifs is 4. The highest BCUT2D eigenvalue weighted by Crippen LogP contribution is 2.38. The van der Waals surface area contributed by atoms with Crippen LogP contribution in [0.4, 0.5) is 5.69 Å². The van der Waals surface area contributed by atoms with Gasteiger partial charge in [0.05, 0.1) is 11.8 Å². The van der Waals surface area contributed by atoms with Crippen molar-refractivity contribution < 1.29 is 18.8 Å². The van der Waals surface area contributed by atoms with Gasteiger partial charge in [-0.25, -0.2) is 0 Å². The molecule has 5 rings (SSSR count). The van der Waals surface area contributed by atoms with Crippen LogP contribution in [0.1, 0.15) is 32.1 Å². The first-order valence-corrected chi connectivity index (χ1v) is 10.2. The Bertz CT molecular complexity index is 1110. The first-order chi connectivity index (χ1) is 14.1. The maximum Gasteiger partial charge on any atom is 0.233 e. The van der Waals surface area contributed by atoms with Crippen LogP contribution in [0.3, 0.4) is 0 Å². The van der Waals surface area contributed by atoms with Gasteiger partial charge in [-0.1, -0.05) is 31.0 Å². The molecule has 1 N–H and O–H groups in total. The Kier molecular flexibility index (Phi) is 4.34. The van der Waals surface area contributed by atoms with Crippen molar-refractivity contribution in [3.8, 4) is 0 Å². The van der Waals surface area contributed by atoms with Crippen molar-refractivity contribution in [2.75, 3.05) is 11.9 Å². The van der Waals surface area contributed by atoms with Crippen LogP contribution in [0.5, 0.6) is 0 Å². The second-order valence-electron chi connectivity index (χ2n) is 7.93. The average molecular weight is 390 g/mol. The molecular formula is C23H22N2O4. The highest BCUT2D eigenvalue weighted by molar-refractivity contribution is 6.07. The molecule has 6 nitrogen and oxygen atoms in total. The first-order valence-electron chi connectivity index (χ1n) is 10.2. The van der Waals surface area contributed by atoms with Gasteiger partial charge in [0.1, 0.15) is 11.2 Å². The molecule has 6 heteroatoms. The summed E-state index contributed by atoms with van der Waals surface area (Å²) in [5, 5.41) is 4.81. The van der Waals surface area contributed by atoms with Crippen molar-refractivity contribution in [1.82, 2.24) is 4.90 Å². The number of anilines is 1. The number of imide groups is 1. The Morgan fingerprint density at radius 1 is 0.966 bits per heavy atom. The minimum Gasteiger partial charge on any atom is -0.456 e. The minimum absolute atomic E-state index is 0.0983. The molecule has 0 spiro atoms. The lowest BCUT2D eigenvalue weighted by Crippen LogP contribution is -2.34. The van der Waals surface area contributed by atoms with Crippen molar-refractivity contribution in [1.29, 1.82) is 0 Å². The summed E-state index contributed by atoms with van der Waals surface area (Å²) in [7, 11) is 0. The molecule has 1 aliphatic carbocycles. The topological polar surface area (TPSA) is 79.6 Å². The fourth-order valence-corrected chi connectivity index (χ4v) is 4.69. The lowest BCUT2D eigenvalue weighted by atomic mass is 9.81. The largest absolute Gasteiger partial charge is 0.456 e. The molecule has 1 saturated carbocycles. The van der Waals surface area contributed by atoms with E-state index in [0.29, 0.717) is 5.69 Å². The van der Waals surface area contributed by atoms with Crippen LogP contribution in [-0.2, 0) is 14.4 Å². The van der Waals surface area contributed by atoms with Gasteiger partial charge in [0.2, 0.25) is 17.7 Å². The van der Waals surface area contributed by atoms with Crippen LogP contribution >= 0.6 is 0 Å². The summed E-state index contributed by atoms with van der Waals surface area (Å²) >= 11 is 0. The van der Waals surface area contributed by atoms with Crippen molar-refractivity contribution in [2.45, 2.75) is 32.1 Å². The number of carbonyl (C=O) groups is 3. The summed E-state index contributed by atoms with van der Waals surface area (Å²) in [6.45, 7) is 0.146. The molecule has 29 heavy (non-hydrogen) atoms. The summed E-state index contributed by atoms with van der Waals surface area (Å²) in [4.78, 5) is 38.8. The summed E-state index contributed by atoms with van der Waals surface area (Å²) in [6.07, 6.45) is 3.67. The van der Waals surface area contributed by atoms with Gasteiger partial charge in [0.25, 0.3) is 0 Å². The normalized spacial score (nSPS) is 21.7. The Morgan fingerprint density at radius 3 is 2.41 bits per heavy atom. The van der Waals surface area contributed by atoms with Crippen LogP contribution in [0.2, 0.25) is 0 Å². The molecule has 2 aromatic carbocycles. The van der Waals surface area contributed by atoms with E-state index >= 15 is 0 Å². The number of benzene rings is 2. The summed E-state index contributed by atoms with van der Waals surface area (Å²) in [6, 6.07) is 13.3. The van der Waals surface area contributed by atoms with Gasteiger partial charge in [-0.3, -0.25) is 19.3 Å². The van der Waals surface area contributed by atoms with Gasteiger partial charge in [0.15, 0.2) is 0 Å². The number of nitrogens with one attached hydrogen (secondary N) is 1. The molecule has 2 aliphatic rings. The Balaban J connectivity index is 1.27. The van der Waals surface area contributed by atoms with Gasteiger partial charge in [-0.05, 0) is 37.1 Å². The molecule has 1 aliphatic heterocycles. The summed E-state index contributed by atoms with van der Waals surface area (Å²) < 4.78 is 5.80. The molecule has 0 radical (unpaired) electrons. The zero-order valence-corrected chi connectivity index (χ0v) is 16.0. The second kappa shape index (κ2) is 7.03. The quantitative estimate of drug-likeness (QED) is 0.681. The molecule has 2 heterocycles. The lowest BCUT2D eigenvalue weighted by Gasteiger charge is -2.19. The monoisotopic (exact) mass is 390 g/mol. The molecule has 148 valence electrons. The summed E-state index contributed by atoms with van der Waals surface area (Å²) in [5.74, 6) is -0.752. The molecule has 2 atom stereocenters. The van der Waals surface area contributed by atoms with E-state index in [4.69, 9.17) is 4.42 Å². The number of hydrogen-bond donors (Lipinski definition) is 1. The smallest absolute Gasteiger partial charge is 0.233 e. The fourth-order valence-electron chi connectivity index (χ4n) is 4.69. The number of amides is 3. The third-order valence-corrected chi connectivity index (χ3v) is 6.16. The van der Waals surface area contributed by atoms with Gasteiger partial charge in [-0.2, -0.15) is 0 Å². The fraction of sp³-hybridized carbons (Fsp3) is 0.348. The van der Waals surface area contributed by atoms with Gasteiger partial charge in [0, 0.05) is 29.4 Å². The van der Waals surface area contributed by atoms with Crippen molar-refractivity contribution in [3.63, 3.8) is 0 Å².